The van der Waals surface area contributed by atoms with Crippen LogP contribution in [0, 0.1) is 6.92 Å². The maximum absolute atomic E-state index is 13.5. The number of thiophene rings is 1. The zero-order chi connectivity index (χ0) is 24.3. The number of benzene rings is 1. The minimum Gasteiger partial charge on any atom is -0.491 e. The van der Waals surface area contributed by atoms with Crippen molar-refractivity contribution in [2.24, 2.45) is 0 Å². The number of fused-ring (bicyclic) bond motifs is 1. The Balaban J connectivity index is 1.67. The van der Waals surface area contributed by atoms with Crippen LogP contribution in [0.15, 0.2) is 48.4 Å². The van der Waals surface area contributed by atoms with Gasteiger partial charge < -0.3 is 24.2 Å². The minimum atomic E-state index is -0.699. The quantitative estimate of drug-likeness (QED) is 0.326. The number of methoxy groups -OCH3 is 1. The number of aliphatic hydroxyl groups excluding tert-OH is 1. The third kappa shape index (κ3) is 7.65. The van der Waals surface area contributed by atoms with Crippen LogP contribution in [0.4, 0.5) is 0 Å². The number of carbonyl (C=O) groups is 1. The second-order valence-electron chi connectivity index (χ2n) is 8.48. The summed E-state index contributed by atoms with van der Waals surface area (Å²) in [5.74, 6) is 0.814. The van der Waals surface area contributed by atoms with Gasteiger partial charge in [0.1, 0.15) is 12.4 Å². The fraction of sp³-hybridized carbons (Fsp3) is 0.500. The number of rotatable bonds is 14. The molecule has 8 heteroatoms. The van der Waals surface area contributed by atoms with Gasteiger partial charge in [-0.3, -0.25) is 9.69 Å². The monoisotopic (exact) mass is 488 g/mol. The molecule has 0 bridgehead atoms. The highest BCUT2D eigenvalue weighted by Gasteiger charge is 2.33. The third-order valence-electron chi connectivity index (χ3n) is 5.83. The smallest absolute Gasteiger partial charge is 0.237 e. The first-order valence-corrected chi connectivity index (χ1v) is 12.5. The molecule has 7 nitrogen and oxygen atoms in total. The van der Waals surface area contributed by atoms with Crippen molar-refractivity contribution in [1.82, 2.24) is 9.80 Å². The molecule has 0 radical (unpaired) electrons. The van der Waals surface area contributed by atoms with Crippen molar-refractivity contribution < 1.29 is 24.1 Å². The molecule has 0 fully saturated rings. The molecule has 0 saturated heterocycles. The molecule has 34 heavy (non-hydrogen) atoms. The van der Waals surface area contributed by atoms with Gasteiger partial charge >= 0.3 is 0 Å². The van der Waals surface area contributed by atoms with Crippen LogP contribution in [-0.4, -0.2) is 86.6 Å². The molecule has 3 rings (SSSR count). The molecule has 2 heterocycles. The van der Waals surface area contributed by atoms with Gasteiger partial charge in [-0.2, -0.15) is 0 Å². The molecule has 1 amide bonds. The van der Waals surface area contributed by atoms with Gasteiger partial charge in [-0.25, -0.2) is 0 Å². The Morgan fingerprint density at radius 3 is 2.88 bits per heavy atom. The number of hydrogen-bond donors (Lipinski definition) is 1. The molecule has 0 aliphatic carbocycles. The first kappa shape index (κ1) is 26.4. The Hall–Kier alpha value is -2.23. The van der Waals surface area contributed by atoms with E-state index in [9.17, 15) is 9.90 Å². The van der Waals surface area contributed by atoms with Crippen molar-refractivity contribution in [3.63, 3.8) is 0 Å². The Morgan fingerprint density at radius 1 is 1.35 bits per heavy atom. The second kappa shape index (κ2) is 13.6. The fourth-order valence-corrected chi connectivity index (χ4v) is 4.99. The van der Waals surface area contributed by atoms with Crippen LogP contribution in [0.2, 0.25) is 0 Å². The molecule has 1 N–H and O–H groups in total. The van der Waals surface area contributed by atoms with Crippen molar-refractivity contribution in [3.05, 3.63) is 64.4 Å². The highest BCUT2D eigenvalue weighted by atomic mass is 32.1. The van der Waals surface area contributed by atoms with Crippen molar-refractivity contribution in [2.75, 3.05) is 59.7 Å². The molecular weight excluding hydrogens is 452 g/mol. The molecule has 186 valence electrons. The molecule has 1 aromatic heterocycles. The van der Waals surface area contributed by atoms with E-state index in [1.54, 1.807) is 24.5 Å². The van der Waals surface area contributed by atoms with E-state index in [-0.39, 0.29) is 25.1 Å². The summed E-state index contributed by atoms with van der Waals surface area (Å²) < 4.78 is 16.7. The number of ether oxygens (including phenoxy) is 3. The van der Waals surface area contributed by atoms with E-state index in [4.69, 9.17) is 14.2 Å². The SMILES string of the molecule is C=CCOC[C@@H](O)CN(CCOC)CC(=O)N1CCc2sccc2[C@@H]1COc1ccc(C)cc1. The first-order chi connectivity index (χ1) is 16.5. The average Bonchev–Trinajstić information content (AvgIpc) is 3.31. The summed E-state index contributed by atoms with van der Waals surface area (Å²) in [5, 5.41) is 12.5. The Kier molecular flexibility index (Phi) is 10.6. The minimum absolute atomic E-state index is 0.0182. The van der Waals surface area contributed by atoms with Crippen LogP contribution in [-0.2, 0) is 20.7 Å². The molecular formula is C26H36N2O5S. The molecule has 0 unspecified atom stereocenters. The van der Waals surface area contributed by atoms with Gasteiger partial charge in [-0.15, -0.1) is 17.9 Å². The summed E-state index contributed by atoms with van der Waals surface area (Å²) in [6, 6.07) is 9.92. The van der Waals surface area contributed by atoms with Crippen molar-refractivity contribution in [3.8, 4) is 5.75 Å². The summed E-state index contributed by atoms with van der Waals surface area (Å²) in [7, 11) is 1.63. The molecule has 0 saturated carbocycles. The first-order valence-electron chi connectivity index (χ1n) is 11.6. The van der Waals surface area contributed by atoms with E-state index in [2.05, 4.69) is 18.0 Å². The summed E-state index contributed by atoms with van der Waals surface area (Å²) >= 11 is 1.73. The Morgan fingerprint density at radius 2 is 2.15 bits per heavy atom. The maximum Gasteiger partial charge on any atom is 0.237 e. The van der Waals surface area contributed by atoms with Crippen molar-refractivity contribution >= 4 is 17.2 Å². The summed E-state index contributed by atoms with van der Waals surface area (Å²) in [5.41, 5.74) is 2.34. The molecule has 1 aliphatic rings. The van der Waals surface area contributed by atoms with Crippen LogP contribution in [0.5, 0.6) is 5.75 Å². The van der Waals surface area contributed by atoms with E-state index < -0.39 is 6.10 Å². The molecule has 1 aliphatic heterocycles. The van der Waals surface area contributed by atoms with Gasteiger partial charge in [-0.05, 0) is 42.5 Å². The predicted molar refractivity (Wildman–Crippen MR) is 134 cm³/mol. The van der Waals surface area contributed by atoms with Gasteiger partial charge in [0, 0.05) is 31.6 Å². The van der Waals surface area contributed by atoms with E-state index in [1.807, 2.05) is 41.0 Å². The van der Waals surface area contributed by atoms with Crippen LogP contribution in [0.3, 0.4) is 0 Å². The third-order valence-corrected chi connectivity index (χ3v) is 6.83. The number of carbonyl (C=O) groups excluding carboxylic acids is 1. The fourth-order valence-electron chi connectivity index (χ4n) is 4.06. The lowest BCUT2D eigenvalue weighted by molar-refractivity contribution is -0.136. The Bertz CT molecular complexity index is 901. The van der Waals surface area contributed by atoms with Gasteiger partial charge in [-0.1, -0.05) is 23.8 Å². The number of aliphatic hydroxyl groups is 1. The zero-order valence-corrected chi connectivity index (χ0v) is 21.0. The highest BCUT2D eigenvalue weighted by molar-refractivity contribution is 7.10. The van der Waals surface area contributed by atoms with Crippen LogP contribution >= 0.6 is 11.3 Å². The van der Waals surface area contributed by atoms with E-state index in [0.717, 1.165) is 17.7 Å². The standard InChI is InChI=1S/C26H36N2O5S/c1-4-13-32-18-21(29)16-27(12-14-31-3)17-26(30)28-11-9-25-23(10-15-34-25)24(28)19-33-22-7-5-20(2)6-8-22/h4-8,10,15,21,24,29H,1,9,11-14,16-19H2,2-3H3/t21-,24-/m0/s1. The maximum atomic E-state index is 13.5. The summed E-state index contributed by atoms with van der Waals surface area (Å²) in [4.78, 5) is 18.6. The Labute approximate surface area is 206 Å². The number of aryl methyl sites for hydroxylation is 1. The van der Waals surface area contributed by atoms with E-state index in [0.29, 0.717) is 39.5 Å². The van der Waals surface area contributed by atoms with Crippen molar-refractivity contribution in [1.29, 1.82) is 0 Å². The van der Waals surface area contributed by atoms with E-state index >= 15 is 0 Å². The molecule has 0 spiro atoms. The van der Waals surface area contributed by atoms with Gasteiger partial charge in [0.2, 0.25) is 5.91 Å². The number of nitrogens with zero attached hydrogens (tertiary/aromatic N) is 2. The lowest BCUT2D eigenvalue weighted by Gasteiger charge is -2.37. The van der Waals surface area contributed by atoms with Gasteiger partial charge in [0.05, 0.1) is 38.5 Å². The lowest BCUT2D eigenvalue weighted by atomic mass is 10.0. The molecule has 2 aromatic rings. The van der Waals surface area contributed by atoms with Gasteiger partial charge in [0.25, 0.3) is 0 Å². The molecule has 1 aromatic carbocycles. The van der Waals surface area contributed by atoms with Crippen molar-refractivity contribution in [2.45, 2.75) is 25.5 Å². The topological polar surface area (TPSA) is 71.5 Å². The van der Waals surface area contributed by atoms with Crippen LogP contribution in [0.25, 0.3) is 0 Å². The summed E-state index contributed by atoms with van der Waals surface area (Å²) in [6.45, 7) is 8.82. The predicted octanol–water partition coefficient (Wildman–Crippen LogP) is 3.07. The number of amides is 1. The highest BCUT2D eigenvalue weighted by Crippen LogP contribution is 2.34. The average molecular weight is 489 g/mol. The molecule has 2 atom stereocenters. The van der Waals surface area contributed by atoms with E-state index in [1.165, 1.54) is 10.4 Å². The summed E-state index contributed by atoms with van der Waals surface area (Å²) in [6.07, 6.45) is 1.79. The zero-order valence-electron chi connectivity index (χ0n) is 20.2. The largest absolute Gasteiger partial charge is 0.491 e. The lowest BCUT2D eigenvalue weighted by Crippen LogP contribution is -2.48. The van der Waals surface area contributed by atoms with Crippen LogP contribution < -0.4 is 4.74 Å². The van der Waals surface area contributed by atoms with Gasteiger partial charge in [0.15, 0.2) is 0 Å². The number of hydrogen-bond acceptors (Lipinski definition) is 7. The second-order valence-corrected chi connectivity index (χ2v) is 9.48. The normalized spacial score (nSPS) is 16.4. The van der Waals surface area contributed by atoms with Crippen LogP contribution in [0.1, 0.15) is 22.0 Å².